The highest BCUT2D eigenvalue weighted by molar-refractivity contribution is 8.13. The minimum atomic E-state index is -3.60. The van der Waals surface area contributed by atoms with Crippen molar-refractivity contribution in [3.05, 3.63) is 33.8 Å². The number of halogens is 3. The van der Waals surface area contributed by atoms with Crippen LogP contribution >= 0.6 is 33.9 Å². The number of nitrogens with zero attached hydrogens (tertiary/aromatic N) is 1. The van der Waals surface area contributed by atoms with Crippen LogP contribution in [0.25, 0.3) is 0 Å². The summed E-state index contributed by atoms with van der Waals surface area (Å²) in [4.78, 5) is 13.7. The van der Waals surface area contributed by atoms with Gasteiger partial charge in [0.05, 0.1) is 21.8 Å². The van der Waals surface area contributed by atoms with E-state index >= 15 is 0 Å². The van der Waals surface area contributed by atoms with Crippen molar-refractivity contribution in [1.82, 2.24) is 4.90 Å². The largest absolute Gasteiger partial charge is 0.336 e. The minimum Gasteiger partial charge on any atom is -0.336 e. The fourth-order valence-electron chi connectivity index (χ4n) is 2.53. The molecule has 116 valence electrons. The number of carbonyl (C=O) groups excluding carboxylic acids is 1. The van der Waals surface area contributed by atoms with E-state index in [4.69, 9.17) is 33.9 Å². The van der Waals surface area contributed by atoms with Crippen molar-refractivity contribution in [3.8, 4) is 0 Å². The monoisotopic (exact) mass is 369 g/mol. The van der Waals surface area contributed by atoms with Crippen LogP contribution in [0.2, 0.25) is 10.0 Å². The Labute approximate surface area is 138 Å². The van der Waals surface area contributed by atoms with Gasteiger partial charge in [0.1, 0.15) is 0 Å². The normalized spacial score (nSPS) is 20.9. The van der Waals surface area contributed by atoms with Gasteiger partial charge in [-0.05, 0) is 24.6 Å². The van der Waals surface area contributed by atoms with Crippen LogP contribution in [-0.4, -0.2) is 31.5 Å². The van der Waals surface area contributed by atoms with Gasteiger partial charge in [0.25, 0.3) is 0 Å². The van der Waals surface area contributed by atoms with Crippen LogP contribution in [-0.2, 0) is 13.8 Å². The van der Waals surface area contributed by atoms with Crippen molar-refractivity contribution in [2.75, 3.05) is 12.3 Å². The Balaban J connectivity index is 2.14. The summed E-state index contributed by atoms with van der Waals surface area (Å²) in [6.07, 6.45) is 0.192. The Morgan fingerprint density at radius 2 is 2.00 bits per heavy atom. The smallest absolute Gasteiger partial charge is 0.232 e. The van der Waals surface area contributed by atoms with Crippen molar-refractivity contribution in [2.24, 2.45) is 5.92 Å². The topological polar surface area (TPSA) is 54.5 Å². The van der Waals surface area contributed by atoms with Gasteiger partial charge in [0.15, 0.2) is 0 Å². The van der Waals surface area contributed by atoms with Crippen molar-refractivity contribution in [3.63, 3.8) is 0 Å². The maximum atomic E-state index is 12.1. The Morgan fingerprint density at radius 1 is 1.33 bits per heavy atom. The second-order valence-corrected chi connectivity index (χ2v) is 8.81. The third-order valence-corrected chi connectivity index (χ3v) is 5.55. The molecule has 1 aliphatic rings. The standard InChI is InChI=1S/C13H14Cl3NO3S/c1-8(10-2-3-11(14)12(15)5-10)17-6-9(4-13(17)18)7-21(16,19)20/h2-3,5,8-9H,4,6-7H2,1H3. The number of benzene rings is 1. The molecule has 1 aromatic rings. The van der Waals surface area contributed by atoms with Crippen LogP contribution in [0.1, 0.15) is 24.9 Å². The van der Waals surface area contributed by atoms with Gasteiger partial charge >= 0.3 is 0 Å². The number of carbonyl (C=O) groups is 1. The summed E-state index contributed by atoms with van der Waals surface area (Å²) < 4.78 is 22.3. The Kier molecular flexibility index (Phi) is 5.08. The third-order valence-electron chi connectivity index (χ3n) is 3.57. The molecular weight excluding hydrogens is 357 g/mol. The van der Waals surface area contributed by atoms with Gasteiger partial charge in [-0.2, -0.15) is 0 Å². The highest BCUT2D eigenvalue weighted by Crippen LogP contribution is 2.32. The SMILES string of the molecule is CC(c1ccc(Cl)c(Cl)c1)N1CC(CS(=O)(=O)Cl)CC1=O. The molecule has 2 unspecified atom stereocenters. The lowest BCUT2D eigenvalue weighted by atomic mass is 10.1. The van der Waals surface area contributed by atoms with Gasteiger partial charge in [0.2, 0.25) is 15.0 Å². The van der Waals surface area contributed by atoms with Crippen molar-refractivity contribution >= 4 is 48.8 Å². The molecule has 0 saturated carbocycles. The Morgan fingerprint density at radius 3 is 2.57 bits per heavy atom. The van der Waals surface area contributed by atoms with E-state index in [1.54, 1.807) is 23.1 Å². The second kappa shape index (κ2) is 6.32. The molecule has 0 radical (unpaired) electrons. The lowest BCUT2D eigenvalue weighted by molar-refractivity contribution is -0.129. The first-order valence-electron chi connectivity index (χ1n) is 6.34. The molecule has 2 atom stereocenters. The van der Waals surface area contributed by atoms with E-state index in [2.05, 4.69) is 0 Å². The summed E-state index contributed by atoms with van der Waals surface area (Å²) in [6, 6.07) is 5.00. The van der Waals surface area contributed by atoms with Crippen molar-refractivity contribution in [1.29, 1.82) is 0 Å². The quantitative estimate of drug-likeness (QED) is 0.763. The Bertz CT molecular complexity index is 663. The fourth-order valence-corrected chi connectivity index (χ4v) is 4.16. The molecule has 4 nitrogen and oxygen atoms in total. The predicted octanol–water partition coefficient (Wildman–Crippen LogP) is 3.47. The highest BCUT2D eigenvalue weighted by Gasteiger charge is 2.35. The molecule has 2 rings (SSSR count). The van der Waals surface area contributed by atoms with Gasteiger partial charge in [-0.25, -0.2) is 8.42 Å². The van der Waals surface area contributed by atoms with Crippen LogP contribution in [0.4, 0.5) is 0 Å². The summed E-state index contributed by atoms with van der Waals surface area (Å²) in [7, 11) is 1.65. The lowest BCUT2D eigenvalue weighted by Gasteiger charge is -2.25. The number of likely N-dealkylation sites (tertiary alicyclic amines) is 1. The predicted molar refractivity (Wildman–Crippen MR) is 84.3 cm³/mol. The van der Waals surface area contributed by atoms with E-state index in [0.717, 1.165) is 5.56 Å². The summed E-state index contributed by atoms with van der Waals surface area (Å²) in [5.41, 5.74) is 0.854. The van der Waals surface area contributed by atoms with Crippen LogP contribution in [0.3, 0.4) is 0 Å². The maximum absolute atomic E-state index is 12.1. The van der Waals surface area contributed by atoms with E-state index in [9.17, 15) is 13.2 Å². The molecule has 1 aliphatic heterocycles. The molecule has 0 N–H and O–H groups in total. The number of rotatable bonds is 4. The average Bonchev–Trinajstić information content (AvgIpc) is 2.70. The van der Waals surface area contributed by atoms with E-state index in [-0.39, 0.29) is 30.0 Å². The van der Waals surface area contributed by atoms with Crippen molar-refractivity contribution < 1.29 is 13.2 Å². The first kappa shape index (κ1) is 16.9. The summed E-state index contributed by atoms with van der Waals surface area (Å²) in [6.45, 7) is 2.24. The van der Waals surface area contributed by atoms with E-state index in [1.165, 1.54) is 0 Å². The lowest BCUT2D eigenvalue weighted by Crippen LogP contribution is -2.29. The van der Waals surface area contributed by atoms with E-state index in [1.807, 2.05) is 6.92 Å². The van der Waals surface area contributed by atoms with Crippen LogP contribution < -0.4 is 0 Å². The van der Waals surface area contributed by atoms with Gasteiger partial charge in [-0.15, -0.1) is 0 Å². The molecular formula is C13H14Cl3NO3S. The molecule has 1 amide bonds. The molecule has 1 aromatic carbocycles. The van der Waals surface area contributed by atoms with Gasteiger partial charge in [-0.1, -0.05) is 29.3 Å². The molecule has 21 heavy (non-hydrogen) atoms. The minimum absolute atomic E-state index is 0.0844. The van der Waals surface area contributed by atoms with Gasteiger partial charge < -0.3 is 4.90 Å². The first-order valence-corrected chi connectivity index (χ1v) is 9.57. The molecule has 0 bridgehead atoms. The second-order valence-electron chi connectivity index (χ2n) is 5.17. The molecule has 8 heteroatoms. The highest BCUT2D eigenvalue weighted by atomic mass is 35.7. The zero-order valence-electron chi connectivity index (χ0n) is 11.2. The molecule has 1 fully saturated rings. The van der Waals surface area contributed by atoms with E-state index < -0.39 is 9.05 Å². The zero-order chi connectivity index (χ0) is 15.8. The maximum Gasteiger partial charge on any atom is 0.232 e. The fraction of sp³-hybridized carbons (Fsp3) is 0.462. The average molecular weight is 371 g/mol. The van der Waals surface area contributed by atoms with Gasteiger partial charge in [0, 0.05) is 29.6 Å². The summed E-state index contributed by atoms with van der Waals surface area (Å²) in [5.74, 6) is -0.547. The first-order chi connectivity index (χ1) is 9.67. The molecule has 1 saturated heterocycles. The summed E-state index contributed by atoms with van der Waals surface area (Å²) in [5, 5.41) is 0.874. The van der Waals surface area contributed by atoms with Crippen LogP contribution in [0.15, 0.2) is 18.2 Å². The van der Waals surface area contributed by atoms with Gasteiger partial charge in [-0.3, -0.25) is 4.79 Å². The van der Waals surface area contributed by atoms with Crippen molar-refractivity contribution in [2.45, 2.75) is 19.4 Å². The molecule has 0 aliphatic carbocycles. The molecule has 1 heterocycles. The number of hydrogen-bond donors (Lipinski definition) is 0. The number of hydrogen-bond acceptors (Lipinski definition) is 3. The third kappa shape index (κ3) is 4.25. The molecule has 0 spiro atoms. The van der Waals surface area contributed by atoms with Crippen LogP contribution in [0.5, 0.6) is 0 Å². The Hall–Kier alpha value is -0.490. The number of amides is 1. The van der Waals surface area contributed by atoms with E-state index in [0.29, 0.717) is 16.6 Å². The molecule has 0 aromatic heterocycles. The van der Waals surface area contributed by atoms with Crippen LogP contribution in [0, 0.1) is 5.92 Å². The zero-order valence-corrected chi connectivity index (χ0v) is 14.3. The summed E-state index contributed by atoms with van der Waals surface area (Å²) >= 11 is 11.9.